The number of hydrogen-bond donors (Lipinski definition) is 4. The van der Waals surface area contributed by atoms with E-state index >= 15 is 0 Å². The van der Waals surface area contributed by atoms with Gasteiger partial charge in [0.25, 0.3) is 11.8 Å². The number of carboxylic acids is 1. The van der Waals surface area contributed by atoms with Gasteiger partial charge < -0.3 is 40.7 Å². The normalized spacial score (nSPS) is 12.9. The molecule has 12 nitrogen and oxygen atoms in total. The van der Waals surface area contributed by atoms with Crippen LogP contribution in [0, 0.1) is 0 Å². The van der Waals surface area contributed by atoms with Crippen molar-refractivity contribution in [3.05, 3.63) is 239 Å². The molecule has 2 heterocycles. The van der Waals surface area contributed by atoms with Crippen LogP contribution in [0.25, 0.3) is 22.3 Å². The maximum atomic E-state index is 12.9. The van der Waals surface area contributed by atoms with Crippen LogP contribution in [-0.4, -0.2) is 55.1 Å². The van der Waals surface area contributed by atoms with Crippen molar-refractivity contribution in [2.45, 2.75) is 53.9 Å². The number of carbonyl (C=O) groups is 4. The molecule has 10 rings (SSSR count). The maximum Gasteiger partial charge on any atom is 0.336 e. The lowest BCUT2D eigenvalue weighted by Crippen LogP contribution is -2.32. The van der Waals surface area contributed by atoms with E-state index in [1.54, 1.807) is 24.3 Å². The summed E-state index contributed by atoms with van der Waals surface area (Å²) < 4.78 is 11.8. The molecule has 0 saturated heterocycles. The van der Waals surface area contributed by atoms with Crippen molar-refractivity contribution in [1.82, 2.24) is 10.6 Å². The lowest BCUT2D eigenvalue weighted by atomic mass is 9.98. The van der Waals surface area contributed by atoms with E-state index in [0.717, 1.165) is 63.4 Å². The molecule has 0 unspecified atom stereocenters. The molecule has 12 heteroatoms. The number of aromatic carboxylic acids is 1. The van der Waals surface area contributed by atoms with Crippen LogP contribution in [0.15, 0.2) is 194 Å². The van der Waals surface area contributed by atoms with Gasteiger partial charge in [-0.3, -0.25) is 14.4 Å². The quantitative estimate of drug-likeness (QED) is 0.0830. The fraction of sp³-hybridized carbons (Fsp3) is 0.188. The van der Waals surface area contributed by atoms with Crippen molar-refractivity contribution in [3.8, 4) is 33.8 Å². The molecular weight excluding hydrogens is 951 g/mol. The van der Waals surface area contributed by atoms with Crippen LogP contribution in [0.3, 0.4) is 0 Å². The average molecular weight is 1020 g/mol. The summed E-state index contributed by atoms with van der Waals surface area (Å²) >= 11 is 0. The van der Waals surface area contributed by atoms with Gasteiger partial charge in [-0.2, -0.15) is 0 Å². The number of primary amides is 1. The minimum Gasteiger partial charge on any atom is -0.490 e. The number of nitrogens with two attached hydrogens (primary N) is 1. The van der Waals surface area contributed by atoms with Gasteiger partial charge in [-0.05, 0) is 107 Å². The first-order valence-corrected chi connectivity index (χ1v) is 24.6. The summed E-state index contributed by atoms with van der Waals surface area (Å²) in [6, 6.07) is 61.3. The zero-order valence-electron chi connectivity index (χ0n) is 41.2. The summed E-state index contributed by atoms with van der Waals surface area (Å²) in [5.74, 6) is -0.250. The van der Waals surface area contributed by atoms with E-state index < -0.39 is 11.9 Å². The fourth-order valence-corrected chi connectivity index (χ4v) is 9.27. The second kappa shape index (κ2) is 25.2. The van der Waals surface area contributed by atoms with E-state index in [4.69, 9.17) is 15.2 Å². The molecule has 0 aliphatic carbocycles. The molecule has 3 amide bonds. The Labute approximate surface area is 445 Å². The first kappa shape index (κ1) is 54.6. The highest BCUT2D eigenvalue weighted by molar-refractivity contribution is 6.00. The van der Waals surface area contributed by atoms with E-state index in [1.807, 2.05) is 172 Å². The Morgan fingerprint density at radius 2 is 0.895 bits per heavy atom. The molecule has 388 valence electrons. The maximum absolute atomic E-state index is 12.9. The van der Waals surface area contributed by atoms with Crippen molar-refractivity contribution < 1.29 is 33.8 Å². The molecule has 8 aromatic rings. The largest absolute Gasteiger partial charge is 0.490 e. The molecule has 76 heavy (non-hydrogen) atoms. The van der Waals surface area contributed by atoms with E-state index in [0.29, 0.717) is 60.1 Å². The monoisotopic (exact) mass is 1020 g/mol. The standard InChI is InChI=1S/C31H29N3O3.C31H28N2O4.2CH4/c1-21(23-7-3-2-4-8-23)33-31(36)25-15-16-28-29(19-25)37-18-17-34(28)20-22-11-13-24(14-12-22)26-9-5-6-10-27(26)30(32)35;1-21(23-7-3-2-4-8-23)32-30(34)25-15-16-28-29(19-25)37-18-17-33(28)20-22-11-13-24(14-12-22)26-9-5-6-10-27(26)31(35)36;;/h2-16,19,21H,17-18,20H2,1H3,(H2,32,35)(H,33,36);2-16,19,21H,17-18,20H2,1H3,(H,32,34)(H,35,36);2*1H4/t2*21-;;/m00../s1. The molecule has 0 saturated carbocycles. The average Bonchev–Trinajstić information content (AvgIpc) is 3.44. The zero-order valence-corrected chi connectivity index (χ0v) is 41.2. The molecule has 8 aromatic carbocycles. The molecule has 0 bridgehead atoms. The van der Waals surface area contributed by atoms with Crippen molar-refractivity contribution in [2.24, 2.45) is 5.73 Å². The minimum absolute atomic E-state index is 0. The SMILES string of the molecule is C.C.C[C@H](NC(=O)c1ccc2c(c1)OCCN2Cc1ccc(-c2ccccc2C(=O)O)cc1)c1ccccc1.C[C@H](NC(=O)c1ccc2c(c1)OCCN2Cc1ccc(-c2ccccc2C(N)=O)cc1)c1ccccc1. The van der Waals surface area contributed by atoms with Crippen molar-refractivity contribution in [2.75, 3.05) is 36.1 Å². The van der Waals surface area contributed by atoms with Gasteiger partial charge in [-0.15, -0.1) is 0 Å². The van der Waals surface area contributed by atoms with Gasteiger partial charge in [0.2, 0.25) is 5.91 Å². The third-order valence-electron chi connectivity index (χ3n) is 13.3. The van der Waals surface area contributed by atoms with Crippen LogP contribution < -0.4 is 35.6 Å². The molecular formula is C64H65N5O7. The van der Waals surface area contributed by atoms with Gasteiger partial charge in [-0.25, -0.2) is 4.79 Å². The predicted molar refractivity (Wildman–Crippen MR) is 303 cm³/mol. The van der Waals surface area contributed by atoms with Crippen LogP contribution in [0.5, 0.6) is 11.5 Å². The van der Waals surface area contributed by atoms with E-state index in [9.17, 15) is 24.3 Å². The highest BCUT2D eigenvalue weighted by Crippen LogP contribution is 2.36. The number of nitrogens with one attached hydrogen (secondary N) is 2. The first-order chi connectivity index (χ1) is 36.0. The molecule has 5 N–H and O–H groups in total. The Morgan fingerprint density at radius 1 is 0.513 bits per heavy atom. The highest BCUT2D eigenvalue weighted by Gasteiger charge is 2.23. The van der Waals surface area contributed by atoms with Crippen LogP contribution in [0.4, 0.5) is 11.4 Å². The number of amides is 3. The summed E-state index contributed by atoms with van der Waals surface area (Å²) in [5.41, 5.74) is 17.1. The number of rotatable bonds is 14. The smallest absolute Gasteiger partial charge is 0.336 e. The summed E-state index contributed by atoms with van der Waals surface area (Å²) in [5, 5.41) is 15.6. The Balaban J connectivity index is 0.000000216. The number of nitrogens with zero attached hydrogens (tertiary/aromatic N) is 2. The van der Waals surface area contributed by atoms with E-state index in [-0.39, 0.29) is 44.3 Å². The number of anilines is 2. The summed E-state index contributed by atoms with van der Waals surface area (Å²) in [6.07, 6.45) is 0. The Hall–Kier alpha value is -9.16. The summed E-state index contributed by atoms with van der Waals surface area (Å²) in [7, 11) is 0. The summed E-state index contributed by atoms with van der Waals surface area (Å²) in [4.78, 5) is 53.6. The van der Waals surface area contributed by atoms with Crippen LogP contribution >= 0.6 is 0 Å². The van der Waals surface area contributed by atoms with Gasteiger partial charge >= 0.3 is 5.97 Å². The first-order valence-electron chi connectivity index (χ1n) is 24.6. The van der Waals surface area contributed by atoms with Gasteiger partial charge in [-0.1, -0.05) is 160 Å². The van der Waals surface area contributed by atoms with Crippen LogP contribution in [0.2, 0.25) is 0 Å². The molecule has 2 aliphatic heterocycles. The predicted octanol–water partition coefficient (Wildman–Crippen LogP) is 12.6. The topological polar surface area (TPSA) is 164 Å². The molecule has 0 fully saturated rings. The number of fused-ring (bicyclic) bond motifs is 2. The van der Waals surface area contributed by atoms with Crippen LogP contribution in [-0.2, 0) is 13.1 Å². The van der Waals surface area contributed by atoms with Crippen LogP contribution in [0.1, 0.15) is 104 Å². The zero-order chi connectivity index (χ0) is 51.6. The Morgan fingerprint density at radius 3 is 1.30 bits per heavy atom. The van der Waals surface area contributed by atoms with Crippen molar-refractivity contribution in [1.29, 1.82) is 0 Å². The fourth-order valence-electron chi connectivity index (χ4n) is 9.27. The number of ether oxygens (including phenoxy) is 2. The van der Waals surface area contributed by atoms with Crippen molar-refractivity contribution >= 4 is 35.1 Å². The number of benzene rings is 8. The molecule has 2 aliphatic rings. The lowest BCUT2D eigenvalue weighted by Gasteiger charge is -2.31. The summed E-state index contributed by atoms with van der Waals surface area (Å²) in [6.45, 7) is 7.86. The number of hydrogen-bond acceptors (Lipinski definition) is 8. The molecule has 0 spiro atoms. The van der Waals surface area contributed by atoms with E-state index in [1.165, 1.54) is 0 Å². The number of carboxylic acid groups (broad SMARTS) is 1. The molecule has 2 atom stereocenters. The van der Waals surface area contributed by atoms with Gasteiger partial charge in [0.15, 0.2) is 0 Å². The minimum atomic E-state index is -0.938. The van der Waals surface area contributed by atoms with Gasteiger partial charge in [0.1, 0.15) is 24.7 Å². The third kappa shape index (κ3) is 13.0. The van der Waals surface area contributed by atoms with Gasteiger partial charge in [0, 0.05) is 29.8 Å². The van der Waals surface area contributed by atoms with Gasteiger partial charge in [0.05, 0.1) is 42.1 Å². The Kier molecular flexibility index (Phi) is 18.1. The van der Waals surface area contributed by atoms with E-state index in [2.05, 4.69) is 32.6 Å². The molecule has 0 aromatic heterocycles. The lowest BCUT2D eigenvalue weighted by molar-refractivity contribution is 0.0696. The second-order valence-corrected chi connectivity index (χ2v) is 18.3. The van der Waals surface area contributed by atoms with Crippen molar-refractivity contribution in [3.63, 3.8) is 0 Å². The third-order valence-corrected chi connectivity index (χ3v) is 13.3. The highest BCUT2D eigenvalue weighted by atomic mass is 16.5. The Bertz CT molecular complexity index is 3060. The second-order valence-electron chi connectivity index (χ2n) is 18.3. The molecule has 0 radical (unpaired) electrons. The number of carbonyl (C=O) groups excluding carboxylic acids is 3.